The number of rotatable bonds is 4. The Balaban J connectivity index is 2.31. The summed E-state index contributed by atoms with van der Waals surface area (Å²) in [5, 5.41) is 30.6. The van der Waals surface area contributed by atoms with Gasteiger partial charge in [0.1, 0.15) is 12.4 Å². The van der Waals surface area contributed by atoms with Crippen molar-refractivity contribution in [1.29, 1.82) is 10.7 Å². The van der Waals surface area contributed by atoms with Gasteiger partial charge in [-0.3, -0.25) is 10.8 Å². The van der Waals surface area contributed by atoms with Gasteiger partial charge in [0.2, 0.25) is 5.71 Å². The van der Waals surface area contributed by atoms with E-state index in [1.165, 1.54) is 11.0 Å². The van der Waals surface area contributed by atoms with E-state index in [0.717, 1.165) is 11.3 Å². The van der Waals surface area contributed by atoms with Crippen LogP contribution in [0.4, 0.5) is 5.69 Å². The predicted octanol–water partition coefficient (Wildman–Crippen LogP) is 0.198. The smallest absolute Gasteiger partial charge is 0.201 e. The Morgan fingerprint density at radius 3 is 2.95 bits per heavy atom. The number of hydrazone groups is 1. The number of nitrogens with zero attached hydrogens (tertiary/aromatic N) is 6. The van der Waals surface area contributed by atoms with Crippen LogP contribution in [0, 0.1) is 23.7 Å². The number of aryl methyl sites for hydroxylation is 1. The summed E-state index contributed by atoms with van der Waals surface area (Å²) in [6.45, 7) is 1.88. The van der Waals surface area contributed by atoms with Crippen LogP contribution in [0.3, 0.4) is 0 Å². The third kappa shape index (κ3) is 2.75. The molecule has 1 heterocycles. The second-order valence-corrected chi connectivity index (χ2v) is 3.85. The monoisotopic (exact) mass is 269 g/mol. The highest BCUT2D eigenvalue weighted by Gasteiger charge is 2.05. The van der Waals surface area contributed by atoms with Crippen LogP contribution in [0.5, 0.6) is 0 Å². The van der Waals surface area contributed by atoms with Crippen LogP contribution in [0.1, 0.15) is 5.56 Å². The van der Waals surface area contributed by atoms with Crippen LogP contribution < -0.4 is 11.2 Å². The molecule has 0 fully saturated rings. The van der Waals surface area contributed by atoms with Crippen molar-refractivity contribution in [2.45, 2.75) is 6.92 Å². The van der Waals surface area contributed by atoms with Gasteiger partial charge in [-0.05, 0) is 35.0 Å². The normalized spacial score (nSPS) is 10.9. The molecule has 4 N–H and O–H groups in total. The van der Waals surface area contributed by atoms with Gasteiger partial charge in [-0.2, -0.15) is 10.4 Å². The quantitative estimate of drug-likeness (QED) is 0.411. The summed E-state index contributed by atoms with van der Waals surface area (Å²) < 4.78 is 1.49. The molecule has 1 aromatic carbocycles. The molecule has 2 rings (SSSR count). The highest BCUT2D eigenvalue weighted by atomic mass is 15.5. The van der Waals surface area contributed by atoms with E-state index < -0.39 is 5.84 Å². The van der Waals surface area contributed by atoms with Gasteiger partial charge < -0.3 is 5.73 Å². The fourth-order valence-corrected chi connectivity index (χ4v) is 1.41. The molecule has 0 atom stereocenters. The van der Waals surface area contributed by atoms with E-state index >= 15 is 0 Å². The van der Waals surface area contributed by atoms with Gasteiger partial charge in [-0.25, -0.2) is 4.68 Å². The lowest BCUT2D eigenvalue weighted by molar-refractivity contribution is 0.789. The molecule has 9 nitrogen and oxygen atoms in total. The van der Waals surface area contributed by atoms with E-state index in [-0.39, 0.29) is 5.71 Å². The molecule has 100 valence electrons. The molecule has 0 radical (unpaired) electrons. The number of nitriles is 1. The first-order chi connectivity index (χ1) is 9.61. The molecule has 2 aromatic rings. The van der Waals surface area contributed by atoms with Crippen molar-refractivity contribution in [1.82, 2.24) is 20.2 Å². The predicted molar refractivity (Wildman–Crippen MR) is 72.5 cm³/mol. The molecule has 0 bridgehead atoms. The topological polar surface area (TPSA) is 142 Å². The van der Waals surface area contributed by atoms with Crippen LogP contribution in [0.2, 0.25) is 0 Å². The number of anilines is 1. The average molecular weight is 269 g/mol. The van der Waals surface area contributed by atoms with Crippen molar-refractivity contribution >= 4 is 17.2 Å². The van der Waals surface area contributed by atoms with Crippen LogP contribution in [0.15, 0.2) is 29.6 Å². The van der Waals surface area contributed by atoms with Crippen molar-refractivity contribution in [2.75, 3.05) is 5.43 Å². The van der Waals surface area contributed by atoms with Crippen molar-refractivity contribution in [3.05, 3.63) is 30.1 Å². The van der Waals surface area contributed by atoms with Gasteiger partial charge in [0.25, 0.3) is 0 Å². The molecule has 0 saturated heterocycles. The molecule has 0 aliphatic heterocycles. The van der Waals surface area contributed by atoms with E-state index in [1.54, 1.807) is 12.1 Å². The Bertz CT molecular complexity index is 693. The number of nitrogens with two attached hydrogens (primary N) is 1. The molecule has 9 heteroatoms. The third-order valence-corrected chi connectivity index (χ3v) is 2.48. The van der Waals surface area contributed by atoms with E-state index in [9.17, 15) is 0 Å². The number of nitrogens with one attached hydrogen (secondary N) is 2. The molecule has 0 saturated carbocycles. The molecule has 20 heavy (non-hydrogen) atoms. The number of aromatic nitrogens is 4. The number of hydrogen-bond acceptors (Lipinski definition) is 7. The first-order valence-corrected chi connectivity index (χ1v) is 5.54. The summed E-state index contributed by atoms with van der Waals surface area (Å²) in [6.07, 6.45) is 1.47. The van der Waals surface area contributed by atoms with Crippen LogP contribution in [-0.2, 0) is 0 Å². The van der Waals surface area contributed by atoms with Gasteiger partial charge >= 0.3 is 0 Å². The lowest BCUT2D eigenvalue weighted by atomic mass is 10.2. The second-order valence-electron chi connectivity index (χ2n) is 3.85. The van der Waals surface area contributed by atoms with E-state index in [4.69, 9.17) is 16.4 Å². The highest BCUT2D eigenvalue weighted by Crippen LogP contribution is 2.18. The fourth-order valence-electron chi connectivity index (χ4n) is 1.41. The summed E-state index contributed by atoms with van der Waals surface area (Å²) >= 11 is 0. The SMILES string of the molecule is Cc1ccc(-n2cnnn2)cc1N/N=C(\C#N)C(=N)N. The Kier molecular flexibility index (Phi) is 3.67. The van der Waals surface area contributed by atoms with E-state index in [0.29, 0.717) is 5.69 Å². The van der Waals surface area contributed by atoms with Gasteiger partial charge in [0.05, 0.1) is 11.4 Å². The largest absolute Gasteiger partial charge is 0.382 e. The maximum atomic E-state index is 8.78. The summed E-state index contributed by atoms with van der Waals surface area (Å²) in [4.78, 5) is 0. The molecule has 0 amide bonds. The minimum atomic E-state index is -0.394. The molecule has 0 aliphatic carbocycles. The second kappa shape index (κ2) is 5.57. The summed E-state index contributed by atoms with van der Waals surface area (Å²) in [7, 11) is 0. The first kappa shape index (κ1) is 13.2. The summed E-state index contributed by atoms with van der Waals surface area (Å²) in [5.41, 5.74) is 10.0. The standard InChI is InChI=1S/C11H11N9/c1-7-2-3-8(20-6-15-18-19-20)4-9(7)16-17-10(5-12)11(13)14/h2-4,6,16H,1H3,(H3,13,14)/b17-10+. The summed E-state index contributed by atoms with van der Waals surface area (Å²) in [5.74, 6) is -0.394. The molecular formula is C11H11N9. The average Bonchev–Trinajstić information content (AvgIpc) is 2.95. The Morgan fingerprint density at radius 1 is 1.55 bits per heavy atom. The summed E-state index contributed by atoms with van der Waals surface area (Å²) in [6, 6.07) is 7.20. The van der Waals surface area contributed by atoms with Gasteiger partial charge in [-0.15, -0.1) is 5.10 Å². The zero-order chi connectivity index (χ0) is 14.5. The van der Waals surface area contributed by atoms with Gasteiger partial charge in [0.15, 0.2) is 5.84 Å². The number of benzene rings is 1. The van der Waals surface area contributed by atoms with Crippen molar-refractivity contribution < 1.29 is 0 Å². The number of hydrogen-bond donors (Lipinski definition) is 3. The number of amidine groups is 1. The van der Waals surface area contributed by atoms with Crippen LogP contribution >= 0.6 is 0 Å². The molecular weight excluding hydrogens is 258 g/mol. The third-order valence-electron chi connectivity index (χ3n) is 2.48. The first-order valence-electron chi connectivity index (χ1n) is 5.54. The molecule has 0 unspecified atom stereocenters. The maximum absolute atomic E-state index is 8.78. The lowest BCUT2D eigenvalue weighted by Gasteiger charge is -2.07. The Labute approximate surface area is 114 Å². The molecule has 1 aromatic heterocycles. The Morgan fingerprint density at radius 2 is 2.35 bits per heavy atom. The van der Waals surface area contributed by atoms with E-state index in [2.05, 4.69) is 26.1 Å². The van der Waals surface area contributed by atoms with Crippen molar-refractivity contribution in [2.24, 2.45) is 10.8 Å². The van der Waals surface area contributed by atoms with Crippen molar-refractivity contribution in [3.8, 4) is 11.8 Å². The fraction of sp³-hybridized carbons (Fsp3) is 0.0909. The molecule has 0 aliphatic rings. The van der Waals surface area contributed by atoms with Gasteiger partial charge in [-0.1, -0.05) is 6.07 Å². The zero-order valence-electron chi connectivity index (χ0n) is 10.6. The van der Waals surface area contributed by atoms with Crippen LogP contribution in [-0.4, -0.2) is 31.8 Å². The van der Waals surface area contributed by atoms with Crippen molar-refractivity contribution in [3.63, 3.8) is 0 Å². The maximum Gasteiger partial charge on any atom is 0.201 e. The minimum absolute atomic E-state index is 0.183. The number of tetrazole rings is 1. The van der Waals surface area contributed by atoms with Crippen LogP contribution in [0.25, 0.3) is 5.69 Å². The highest BCUT2D eigenvalue weighted by molar-refractivity contribution is 6.45. The minimum Gasteiger partial charge on any atom is -0.382 e. The lowest BCUT2D eigenvalue weighted by Crippen LogP contribution is -2.22. The molecule has 0 spiro atoms. The Hall–Kier alpha value is -3.28. The van der Waals surface area contributed by atoms with E-state index in [1.807, 2.05) is 19.1 Å². The zero-order valence-corrected chi connectivity index (χ0v) is 10.6. The van der Waals surface area contributed by atoms with Gasteiger partial charge in [0, 0.05) is 0 Å².